The molecule has 7 heteroatoms. The van der Waals surface area contributed by atoms with E-state index in [-0.39, 0.29) is 18.3 Å². The summed E-state index contributed by atoms with van der Waals surface area (Å²) in [6.45, 7) is 0.166. The number of benzene rings is 1. The molecule has 1 fully saturated rings. The summed E-state index contributed by atoms with van der Waals surface area (Å²) in [7, 11) is 0. The van der Waals surface area contributed by atoms with E-state index in [4.69, 9.17) is 16.3 Å². The standard InChI is InChI=1S/C18H16ClNO4S/c19-13-7-5-12(6-8-13)15(21)11-24-18(23)14-3-1-9-20(14)17(22)16-4-2-10-25-16/h2,4-8,10,14H,1,3,9,11H2/t14-/m0/s1. The molecule has 0 unspecified atom stereocenters. The first-order chi connectivity index (χ1) is 12.1. The van der Waals surface area contributed by atoms with Gasteiger partial charge in [-0.05, 0) is 48.6 Å². The van der Waals surface area contributed by atoms with Gasteiger partial charge in [0, 0.05) is 17.1 Å². The second-order valence-electron chi connectivity index (χ2n) is 5.67. The fraction of sp³-hybridized carbons (Fsp3) is 0.278. The zero-order valence-electron chi connectivity index (χ0n) is 13.3. The van der Waals surface area contributed by atoms with Crippen LogP contribution in [0.4, 0.5) is 0 Å². The van der Waals surface area contributed by atoms with Crippen molar-refractivity contribution in [2.45, 2.75) is 18.9 Å². The maximum absolute atomic E-state index is 12.5. The number of amides is 1. The van der Waals surface area contributed by atoms with Gasteiger partial charge in [-0.2, -0.15) is 0 Å². The van der Waals surface area contributed by atoms with Gasteiger partial charge in [0.15, 0.2) is 12.4 Å². The Morgan fingerprint density at radius 2 is 1.96 bits per heavy atom. The van der Waals surface area contributed by atoms with Gasteiger partial charge in [0.25, 0.3) is 5.91 Å². The van der Waals surface area contributed by atoms with Crippen molar-refractivity contribution in [1.82, 2.24) is 4.90 Å². The number of hydrogen-bond donors (Lipinski definition) is 0. The zero-order valence-corrected chi connectivity index (χ0v) is 14.9. The topological polar surface area (TPSA) is 63.7 Å². The number of esters is 1. The van der Waals surface area contributed by atoms with Crippen LogP contribution < -0.4 is 0 Å². The highest BCUT2D eigenvalue weighted by Gasteiger charge is 2.36. The zero-order chi connectivity index (χ0) is 17.8. The van der Waals surface area contributed by atoms with E-state index >= 15 is 0 Å². The van der Waals surface area contributed by atoms with Crippen LogP contribution in [0.1, 0.15) is 32.9 Å². The fourth-order valence-electron chi connectivity index (χ4n) is 2.75. The van der Waals surface area contributed by atoms with Gasteiger partial charge in [-0.1, -0.05) is 17.7 Å². The van der Waals surface area contributed by atoms with E-state index in [2.05, 4.69) is 0 Å². The number of thiophene rings is 1. The maximum atomic E-state index is 12.5. The molecule has 1 aliphatic rings. The Morgan fingerprint density at radius 3 is 2.64 bits per heavy atom. The molecule has 5 nitrogen and oxygen atoms in total. The van der Waals surface area contributed by atoms with E-state index < -0.39 is 12.0 Å². The van der Waals surface area contributed by atoms with E-state index in [1.54, 1.807) is 36.4 Å². The summed E-state index contributed by atoms with van der Waals surface area (Å²) in [5.74, 6) is -1.01. The number of halogens is 1. The number of nitrogens with zero attached hydrogens (tertiary/aromatic N) is 1. The van der Waals surface area contributed by atoms with Gasteiger partial charge in [0.05, 0.1) is 4.88 Å². The first-order valence-corrected chi connectivity index (χ1v) is 9.12. The summed E-state index contributed by atoms with van der Waals surface area (Å²) < 4.78 is 5.16. The van der Waals surface area contributed by atoms with Gasteiger partial charge >= 0.3 is 5.97 Å². The lowest BCUT2D eigenvalue weighted by molar-refractivity contribution is -0.147. The Bertz CT molecular complexity index is 773. The second kappa shape index (κ2) is 7.80. The molecule has 130 valence electrons. The summed E-state index contributed by atoms with van der Waals surface area (Å²) in [6, 6.07) is 9.28. The molecule has 25 heavy (non-hydrogen) atoms. The Balaban J connectivity index is 1.59. The largest absolute Gasteiger partial charge is 0.456 e. The van der Waals surface area contributed by atoms with Crippen molar-refractivity contribution in [1.29, 1.82) is 0 Å². The van der Waals surface area contributed by atoms with Gasteiger partial charge in [-0.3, -0.25) is 9.59 Å². The Labute approximate surface area is 154 Å². The van der Waals surface area contributed by atoms with Crippen molar-refractivity contribution in [3.63, 3.8) is 0 Å². The molecule has 1 aromatic heterocycles. The summed E-state index contributed by atoms with van der Waals surface area (Å²) in [6.07, 6.45) is 1.28. The number of Topliss-reactive ketones (excluding diaryl/α,β-unsaturated/α-hetero) is 1. The highest BCUT2D eigenvalue weighted by atomic mass is 35.5. The second-order valence-corrected chi connectivity index (χ2v) is 7.06. The van der Waals surface area contributed by atoms with Crippen molar-refractivity contribution in [2.75, 3.05) is 13.2 Å². The van der Waals surface area contributed by atoms with E-state index in [0.717, 1.165) is 6.42 Å². The molecule has 0 radical (unpaired) electrons. The van der Waals surface area contributed by atoms with Crippen LogP contribution in [0.5, 0.6) is 0 Å². The molecular weight excluding hydrogens is 362 g/mol. The minimum Gasteiger partial charge on any atom is -0.456 e. The lowest BCUT2D eigenvalue weighted by Gasteiger charge is -2.22. The molecular formula is C18H16ClNO4S. The van der Waals surface area contributed by atoms with Crippen LogP contribution in [0.3, 0.4) is 0 Å². The van der Waals surface area contributed by atoms with Crippen LogP contribution in [-0.4, -0.2) is 41.8 Å². The molecule has 1 amide bonds. The summed E-state index contributed by atoms with van der Waals surface area (Å²) >= 11 is 7.12. The van der Waals surface area contributed by atoms with Gasteiger partial charge in [0.1, 0.15) is 6.04 Å². The molecule has 0 aliphatic carbocycles. The van der Waals surface area contributed by atoms with E-state index in [9.17, 15) is 14.4 Å². The lowest BCUT2D eigenvalue weighted by Crippen LogP contribution is -2.41. The van der Waals surface area contributed by atoms with E-state index in [1.165, 1.54) is 16.2 Å². The van der Waals surface area contributed by atoms with Crippen LogP contribution in [-0.2, 0) is 9.53 Å². The number of likely N-dealkylation sites (tertiary alicyclic amines) is 1. The lowest BCUT2D eigenvalue weighted by atomic mass is 10.1. The first kappa shape index (κ1) is 17.6. The monoisotopic (exact) mass is 377 g/mol. The molecule has 0 spiro atoms. The van der Waals surface area contributed by atoms with Gasteiger partial charge in [0.2, 0.25) is 0 Å². The van der Waals surface area contributed by atoms with E-state index in [0.29, 0.717) is 28.4 Å². The Morgan fingerprint density at radius 1 is 1.20 bits per heavy atom. The maximum Gasteiger partial charge on any atom is 0.329 e. The predicted octanol–water partition coefficient (Wildman–Crippen LogP) is 3.43. The van der Waals surface area contributed by atoms with Gasteiger partial charge in [-0.15, -0.1) is 11.3 Å². The molecule has 1 atom stereocenters. The Hall–Kier alpha value is -2.18. The first-order valence-electron chi connectivity index (χ1n) is 7.86. The van der Waals surface area contributed by atoms with Crippen LogP contribution in [0, 0.1) is 0 Å². The average molecular weight is 378 g/mol. The highest BCUT2D eigenvalue weighted by molar-refractivity contribution is 7.12. The quantitative estimate of drug-likeness (QED) is 0.591. The predicted molar refractivity (Wildman–Crippen MR) is 95.1 cm³/mol. The van der Waals surface area contributed by atoms with Crippen LogP contribution in [0.15, 0.2) is 41.8 Å². The van der Waals surface area contributed by atoms with Crippen LogP contribution in [0.25, 0.3) is 0 Å². The van der Waals surface area contributed by atoms with Crippen molar-refractivity contribution in [3.05, 3.63) is 57.2 Å². The number of hydrogen-bond acceptors (Lipinski definition) is 5. The van der Waals surface area contributed by atoms with Crippen LogP contribution >= 0.6 is 22.9 Å². The minimum absolute atomic E-state index is 0.168. The third-order valence-corrected chi connectivity index (χ3v) is 5.14. The molecule has 0 saturated carbocycles. The molecule has 0 N–H and O–H groups in total. The van der Waals surface area contributed by atoms with Crippen molar-refractivity contribution in [3.8, 4) is 0 Å². The Kier molecular flexibility index (Phi) is 5.50. The molecule has 1 saturated heterocycles. The number of carbonyl (C=O) groups excluding carboxylic acids is 3. The van der Waals surface area contributed by atoms with Crippen molar-refractivity contribution < 1.29 is 19.1 Å². The van der Waals surface area contributed by atoms with Crippen LogP contribution in [0.2, 0.25) is 5.02 Å². The number of carbonyl (C=O) groups is 3. The SMILES string of the molecule is O=C(COC(=O)[C@@H]1CCCN1C(=O)c1cccs1)c1ccc(Cl)cc1. The third-order valence-electron chi connectivity index (χ3n) is 4.03. The molecule has 0 bridgehead atoms. The highest BCUT2D eigenvalue weighted by Crippen LogP contribution is 2.23. The number of ether oxygens (including phenoxy) is 1. The average Bonchev–Trinajstić information content (AvgIpc) is 3.30. The molecule has 1 aliphatic heterocycles. The number of rotatable bonds is 5. The fourth-order valence-corrected chi connectivity index (χ4v) is 3.55. The van der Waals surface area contributed by atoms with Crippen molar-refractivity contribution in [2.24, 2.45) is 0 Å². The molecule has 3 rings (SSSR count). The molecule has 2 heterocycles. The normalized spacial score (nSPS) is 16.7. The molecule has 2 aromatic rings. The smallest absolute Gasteiger partial charge is 0.329 e. The molecule has 1 aromatic carbocycles. The summed E-state index contributed by atoms with van der Waals surface area (Å²) in [5, 5.41) is 2.35. The minimum atomic E-state index is -0.632. The summed E-state index contributed by atoms with van der Waals surface area (Å²) in [5.41, 5.74) is 0.426. The van der Waals surface area contributed by atoms with Gasteiger partial charge in [-0.25, -0.2) is 4.79 Å². The van der Waals surface area contributed by atoms with Gasteiger partial charge < -0.3 is 9.64 Å². The van der Waals surface area contributed by atoms with Crippen molar-refractivity contribution >= 4 is 40.6 Å². The third kappa shape index (κ3) is 4.08. The number of ketones is 1. The summed E-state index contributed by atoms with van der Waals surface area (Å²) in [4.78, 5) is 39.0. The van der Waals surface area contributed by atoms with E-state index in [1.807, 2.05) is 5.38 Å².